The van der Waals surface area contributed by atoms with Gasteiger partial charge in [-0.15, -0.1) is 0 Å². The largest absolute Gasteiger partial charge is 0.481 e. The van der Waals surface area contributed by atoms with Gasteiger partial charge in [-0.2, -0.15) is 0 Å². The summed E-state index contributed by atoms with van der Waals surface area (Å²) in [6, 6.07) is -0.258. The normalized spacial score (nSPS) is 19.5. The molecule has 0 bridgehead atoms. The van der Waals surface area contributed by atoms with Crippen molar-refractivity contribution in [1.29, 1.82) is 0 Å². The van der Waals surface area contributed by atoms with Gasteiger partial charge in [0, 0.05) is 13.1 Å². The average Bonchev–Trinajstić information content (AvgIpc) is 2.43. The Hall–Kier alpha value is -1.26. The van der Waals surface area contributed by atoms with E-state index in [4.69, 9.17) is 5.11 Å². The van der Waals surface area contributed by atoms with E-state index >= 15 is 0 Å². The second-order valence-electron chi connectivity index (χ2n) is 5.79. The van der Waals surface area contributed by atoms with E-state index in [0.717, 1.165) is 0 Å². The molecule has 1 fully saturated rings. The quantitative estimate of drug-likeness (QED) is 0.693. The van der Waals surface area contributed by atoms with Crippen molar-refractivity contribution in [3.8, 4) is 0 Å². The summed E-state index contributed by atoms with van der Waals surface area (Å²) >= 11 is 0. The summed E-state index contributed by atoms with van der Waals surface area (Å²) in [5.41, 5.74) is -0.887. The molecule has 3 N–H and O–H groups in total. The Morgan fingerprint density at radius 2 is 1.84 bits per heavy atom. The van der Waals surface area contributed by atoms with Crippen LogP contribution in [0.5, 0.6) is 0 Å². The predicted molar refractivity (Wildman–Crippen MR) is 74.0 cm³/mol. The number of hydrogen-bond acceptors (Lipinski definition) is 2. The Balaban J connectivity index is 2.25. The van der Waals surface area contributed by atoms with Gasteiger partial charge in [-0.1, -0.05) is 26.2 Å². The first-order valence-electron chi connectivity index (χ1n) is 7.23. The van der Waals surface area contributed by atoms with Crippen molar-refractivity contribution in [3.05, 3.63) is 0 Å². The number of carboxylic acid groups (broad SMARTS) is 1. The molecular weight excluding hydrogens is 244 g/mol. The van der Waals surface area contributed by atoms with Crippen molar-refractivity contribution < 1.29 is 14.7 Å². The molecule has 19 heavy (non-hydrogen) atoms. The molecule has 1 rings (SSSR count). The third-order valence-electron chi connectivity index (χ3n) is 4.21. The summed E-state index contributed by atoms with van der Waals surface area (Å²) in [5, 5.41) is 14.6. The van der Waals surface area contributed by atoms with E-state index in [9.17, 15) is 9.59 Å². The molecule has 0 saturated heterocycles. The minimum Gasteiger partial charge on any atom is -0.481 e. The van der Waals surface area contributed by atoms with E-state index in [0.29, 0.717) is 18.9 Å². The van der Waals surface area contributed by atoms with Gasteiger partial charge in [0.1, 0.15) is 0 Å². The van der Waals surface area contributed by atoms with Crippen LogP contribution >= 0.6 is 0 Å². The van der Waals surface area contributed by atoms with Crippen LogP contribution in [0.2, 0.25) is 0 Å². The number of rotatable bonds is 6. The third kappa shape index (κ3) is 5.09. The zero-order valence-electron chi connectivity index (χ0n) is 12.0. The molecule has 1 aliphatic carbocycles. The van der Waals surface area contributed by atoms with Crippen molar-refractivity contribution in [2.24, 2.45) is 11.3 Å². The maximum absolute atomic E-state index is 11.7. The molecule has 0 heterocycles. The fourth-order valence-electron chi connectivity index (χ4n) is 2.32. The minimum absolute atomic E-state index is 0.162. The molecule has 5 heteroatoms. The number of amides is 2. The summed E-state index contributed by atoms with van der Waals surface area (Å²) in [5.74, 6) is -0.292. The molecule has 5 nitrogen and oxygen atoms in total. The Kier molecular flexibility index (Phi) is 6.12. The van der Waals surface area contributed by atoms with Gasteiger partial charge in [0.15, 0.2) is 0 Å². The van der Waals surface area contributed by atoms with Crippen LogP contribution in [0.15, 0.2) is 0 Å². The molecule has 1 atom stereocenters. The topological polar surface area (TPSA) is 78.4 Å². The zero-order valence-corrected chi connectivity index (χ0v) is 12.0. The molecule has 0 aliphatic heterocycles. The van der Waals surface area contributed by atoms with Crippen molar-refractivity contribution in [2.75, 3.05) is 13.1 Å². The summed E-state index contributed by atoms with van der Waals surface area (Å²) in [6.07, 6.45) is 6.66. The van der Waals surface area contributed by atoms with Crippen molar-refractivity contribution in [2.45, 2.75) is 52.4 Å². The Bertz CT molecular complexity index is 314. The van der Waals surface area contributed by atoms with E-state index in [-0.39, 0.29) is 12.6 Å². The second-order valence-corrected chi connectivity index (χ2v) is 5.79. The van der Waals surface area contributed by atoms with E-state index in [1.165, 1.54) is 32.1 Å². The highest BCUT2D eigenvalue weighted by molar-refractivity contribution is 5.77. The lowest BCUT2D eigenvalue weighted by Gasteiger charge is -2.24. The molecule has 2 amide bonds. The van der Waals surface area contributed by atoms with Gasteiger partial charge in [0.25, 0.3) is 0 Å². The minimum atomic E-state index is -0.887. The first-order chi connectivity index (χ1) is 8.98. The molecule has 1 saturated carbocycles. The highest BCUT2D eigenvalue weighted by atomic mass is 16.4. The Labute approximate surface area is 115 Å². The van der Waals surface area contributed by atoms with Gasteiger partial charge in [-0.3, -0.25) is 4.79 Å². The molecule has 0 spiro atoms. The van der Waals surface area contributed by atoms with Crippen LogP contribution < -0.4 is 10.6 Å². The lowest BCUT2D eigenvalue weighted by molar-refractivity contribution is -0.147. The van der Waals surface area contributed by atoms with E-state index in [1.807, 2.05) is 6.92 Å². The Morgan fingerprint density at radius 1 is 1.21 bits per heavy atom. The molecule has 1 unspecified atom stereocenters. The fourth-order valence-corrected chi connectivity index (χ4v) is 2.32. The highest BCUT2D eigenvalue weighted by Crippen LogP contribution is 2.23. The standard InChI is InChI=1S/C14H26N2O3/c1-3-14(2,12(17)18)10-16-13(19)15-9-11-7-5-4-6-8-11/h11H,3-10H2,1-2H3,(H,17,18)(H2,15,16,19). The molecule has 0 radical (unpaired) electrons. The average molecular weight is 270 g/mol. The number of urea groups is 1. The van der Waals surface area contributed by atoms with Crippen molar-refractivity contribution >= 4 is 12.0 Å². The number of aliphatic carboxylic acids is 1. The molecule has 0 aromatic rings. The second kappa shape index (κ2) is 7.36. The maximum Gasteiger partial charge on any atom is 0.314 e. The lowest BCUT2D eigenvalue weighted by Crippen LogP contribution is -2.45. The SMILES string of the molecule is CCC(C)(CNC(=O)NCC1CCCCC1)C(=O)O. The van der Waals surface area contributed by atoms with Crippen molar-refractivity contribution in [3.63, 3.8) is 0 Å². The third-order valence-corrected chi connectivity index (χ3v) is 4.21. The Morgan fingerprint density at radius 3 is 2.37 bits per heavy atom. The van der Waals surface area contributed by atoms with Crippen LogP contribution in [0, 0.1) is 11.3 Å². The van der Waals surface area contributed by atoms with Gasteiger partial charge < -0.3 is 15.7 Å². The zero-order chi connectivity index (χ0) is 14.3. The van der Waals surface area contributed by atoms with E-state index in [2.05, 4.69) is 10.6 Å². The lowest BCUT2D eigenvalue weighted by atomic mass is 9.88. The summed E-state index contributed by atoms with van der Waals surface area (Å²) < 4.78 is 0. The summed E-state index contributed by atoms with van der Waals surface area (Å²) in [7, 11) is 0. The van der Waals surface area contributed by atoms with Gasteiger partial charge in [-0.05, 0) is 32.1 Å². The van der Waals surface area contributed by atoms with E-state index in [1.54, 1.807) is 6.92 Å². The first-order valence-corrected chi connectivity index (χ1v) is 7.23. The molecular formula is C14H26N2O3. The van der Waals surface area contributed by atoms with E-state index < -0.39 is 11.4 Å². The smallest absolute Gasteiger partial charge is 0.314 e. The summed E-state index contributed by atoms with van der Waals surface area (Å²) in [6.45, 7) is 4.32. The van der Waals surface area contributed by atoms with Crippen LogP contribution in [0.4, 0.5) is 4.79 Å². The molecule has 1 aliphatic rings. The van der Waals surface area contributed by atoms with Gasteiger partial charge in [0.05, 0.1) is 5.41 Å². The van der Waals surface area contributed by atoms with Gasteiger partial charge in [0.2, 0.25) is 0 Å². The number of hydrogen-bond donors (Lipinski definition) is 3. The van der Waals surface area contributed by atoms with Crippen LogP contribution in [-0.2, 0) is 4.79 Å². The van der Waals surface area contributed by atoms with Crippen LogP contribution in [0.1, 0.15) is 52.4 Å². The predicted octanol–water partition coefficient (Wildman–Crippen LogP) is 2.37. The fraction of sp³-hybridized carbons (Fsp3) is 0.857. The number of nitrogens with one attached hydrogen (secondary N) is 2. The number of carboxylic acids is 1. The number of carbonyl (C=O) groups is 2. The maximum atomic E-state index is 11.7. The molecule has 110 valence electrons. The highest BCUT2D eigenvalue weighted by Gasteiger charge is 2.31. The monoisotopic (exact) mass is 270 g/mol. The van der Waals surface area contributed by atoms with Gasteiger partial charge >= 0.3 is 12.0 Å². The molecule has 0 aromatic carbocycles. The van der Waals surface area contributed by atoms with Crippen molar-refractivity contribution in [1.82, 2.24) is 10.6 Å². The van der Waals surface area contributed by atoms with Gasteiger partial charge in [-0.25, -0.2) is 4.79 Å². The number of carbonyl (C=O) groups excluding carboxylic acids is 1. The van der Waals surface area contributed by atoms with Crippen LogP contribution in [0.3, 0.4) is 0 Å². The van der Waals surface area contributed by atoms with Crippen LogP contribution in [-0.4, -0.2) is 30.2 Å². The first kappa shape index (κ1) is 15.8. The van der Waals surface area contributed by atoms with Crippen LogP contribution in [0.25, 0.3) is 0 Å². The molecule has 0 aromatic heterocycles. The summed E-state index contributed by atoms with van der Waals surface area (Å²) in [4.78, 5) is 22.8.